The van der Waals surface area contributed by atoms with Crippen LogP contribution in [-0.2, 0) is 17.6 Å². The molecule has 0 radical (unpaired) electrons. The van der Waals surface area contributed by atoms with Gasteiger partial charge in [-0.05, 0) is 61.8 Å². The molecule has 1 aliphatic heterocycles. The van der Waals surface area contributed by atoms with E-state index in [1.165, 1.54) is 36.9 Å². The van der Waals surface area contributed by atoms with E-state index in [1.807, 2.05) is 0 Å². The Hall–Kier alpha value is -1.06. The molecular weight excluding hydrogens is 274 g/mol. The van der Waals surface area contributed by atoms with Crippen molar-refractivity contribution < 1.29 is 9.47 Å². The Morgan fingerprint density at radius 3 is 2.77 bits per heavy atom. The smallest absolute Gasteiger partial charge is 0.122 e. The number of ether oxygens (including phenoxy) is 2. The Morgan fingerprint density at radius 2 is 2.05 bits per heavy atom. The lowest BCUT2D eigenvalue weighted by molar-refractivity contribution is 0.0374. The topological polar surface area (TPSA) is 21.7 Å². The third-order valence-corrected chi connectivity index (χ3v) is 4.72. The highest BCUT2D eigenvalue weighted by Gasteiger charge is 2.22. The van der Waals surface area contributed by atoms with Crippen LogP contribution < -0.4 is 4.74 Å². The van der Waals surface area contributed by atoms with Gasteiger partial charge in [0.1, 0.15) is 5.75 Å². The van der Waals surface area contributed by atoms with Gasteiger partial charge >= 0.3 is 0 Å². The molecule has 3 heteroatoms. The van der Waals surface area contributed by atoms with Gasteiger partial charge in [0.25, 0.3) is 0 Å². The van der Waals surface area contributed by atoms with Crippen LogP contribution in [0.3, 0.4) is 0 Å². The van der Waals surface area contributed by atoms with Crippen molar-refractivity contribution in [2.24, 2.45) is 5.92 Å². The fourth-order valence-corrected chi connectivity index (χ4v) is 3.03. The van der Waals surface area contributed by atoms with Gasteiger partial charge in [0, 0.05) is 13.1 Å². The van der Waals surface area contributed by atoms with Gasteiger partial charge in [-0.1, -0.05) is 19.1 Å². The summed E-state index contributed by atoms with van der Waals surface area (Å²) in [7, 11) is 0. The highest BCUT2D eigenvalue weighted by molar-refractivity contribution is 5.37. The lowest BCUT2D eigenvalue weighted by Crippen LogP contribution is -2.36. The Morgan fingerprint density at radius 1 is 1.23 bits per heavy atom. The average Bonchev–Trinajstić information content (AvgIpc) is 3.39. The van der Waals surface area contributed by atoms with E-state index in [1.54, 1.807) is 0 Å². The Bertz CT molecular complexity index is 465. The molecule has 2 fully saturated rings. The first-order valence-corrected chi connectivity index (χ1v) is 8.90. The van der Waals surface area contributed by atoms with Crippen molar-refractivity contribution in [2.45, 2.75) is 39.0 Å². The van der Waals surface area contributed by atoms with Crippen LogP contribution in [0.5, 0.6) is 5.75 Å². The summed E-state index contributed by atoms with van der Waals surface area (Å²) in [5, 5.41) is 0. The fraction of sp³-hybridized carbons (Fsp3) is 0.684. The quantitative estimate of drug-likeness (QED) is 0.735. The summed E-state index contributed by atoms with van der Waals surface area (Å²) in [5.41, 5.74) is 2.81. The molecule has 122 valence electrons. The van der Waals surface area contributed by atoms with E-state index in [9.17, 15) is 0 Å². The molecule has 2 aliphatic rings. The van der Waals surface area contributed by atoms with Crippen LogP contribution in [-0.4, -0.2) is 44.4 Å². The van der Waals surface area contributed by atoms with Crippen molar-refractivity contribution in [2.75, 3.05) is 39.5 Å². The number of rotatable bonds is 8. The summed E-state index contributed by atoms with van der Waals surface area (Å²) in [6.07, 6.45) is 6.14. The van der Waals surface area contributed by atoms with Gasteiger partial charge in [0.15, 0.2) is 0 Å². The Kier molecular flexibility index (Phi) is 5.74. The summed E-state index contributed by atoms with van der Waals surface area (Å²) < 4.78 is 11.4. The van der Waals surface area contributed by atoms with Crippen molar-refractivity contribution in [3.05, 3.63) is 29.3 Å². The minimum Gasteiger partial charge on any atom is -0.493 e. The van der Waals surface area contributed by atoms with Gasteiger partial charge < -0.3 is 9.47 Å². The van der Waals surface area contributed by atoms with Crippen molar-refractivity contribution in [1.29, 1.82) is 0 Å². The summed E-state index contributed by atoms with van der Waals surface area (Å²) in [6.45, 7) is 8.29. The molecule has 1 heterocycles. The molecule has 3 nitrogen and oxygen atoms in total. The summed E-state index contributed by atoms with van der Waals surface area (Å²) in [4.78, 5) is 2.51. The van der Waals surface area contributed by atoms with Gasteiger partial charge in [-0.3, -0.25) is 4.90 Å². The van der Waals surface area contributed by atoms with Crippen LogP contribution in [0.15, 0.2) is 18.2 Å². The zero-order valence-corrected chi connectivity index (χ0v) is 13.9. The van der Waals surface area contributed by atoms with Gasteiger partial charge in [-0.2, -0.15) is 0 Å². The first kappa shape index (κ1) is 15.8. The number of nitrogens with zero attached hydrogens (tertiary/aromatic N) is 1. The van der Waals surface area contributed by atoms with Crippen LogP contribution >= 0.6 is 0 Å². The van der Waals surface area contributed by atoms with Crippen LogP contribution in [0.4, 0.5) is 0 Å². The van der Waals surface area contributed by atoms with Crippen LogP contribution in [0.25, 0.3) is 0 Å². The Balaban J connectivity index is 1.47. The number of hydrogen-bond donors (Lipinski definition) is 0. The molecule has 1 aliphatic carbocycles. The molecule has 0 bridgehead atoms. The van der Waals surface area contributed by atoms with Crippen LogP contribution in [0.2, 0.25) is 0 Å². The summed E-state index contributed by atoms with van der Waals surface area (Å²) in [6, 6.07) is 6.79. The SMILES string of the molecule is CCc1cc(CCCN2CCOCC2)ccc1OCC1CC1. The minimum atomic E-state index is 0.818. The number of aryl methyl sites for hydroxylation is 2. The second kappa shape index (κ2) is 7.98. The average molecular weight is 303 g/mol. The van der Waals surface area contributed by atoms with Crippen molar-refractivity contribution in [3.63, 3.8) is 0 Å². The third kappa shape index (κ3) is 4.72. The summed E-state index contributed by atoms with van der Waals surface area (Å²) in [5.74, 6) is 1.92. The van der Waals surface area contributed by atoms with Gasteiger partial charge in [-0.15, -0.1) is 0 Å². The van der Waals surface area contributed by atoms with E-state index < -0.39 is 0 Å². The second-order valence-corrected chi connectivity index (χ2v) is 6.61. The lowest BCUT2D eigenvalue weighted by Gasteiger charge is -2.26. The van der Waals surface area contributed by atoms with E-state index in [2.05, 4.69) is 30.0 Å². The third-order valence-electron chi connectivity index (χ3n) is 4.72. The van der Waals surface area contributed by atoms with Gasteiger partial charge in [0.2, 0.25) is 0 Å². The molecule has 0 N–H and O–H groups in total. The number of benzene rings is 1. The Labute approximate surface area is 134 Å². The molecular formula is C19H29NO2. The zero-order chi connectivity index (χ0) is 15.2. The molecule has 3 rings (SSSR count). The maximum absolute atomic E-state index is 5.98. The second-order valence-electron chi connectivity index (χ2n) is 6.61. The van der Waals surface area contributed by atoms with E-state index >= 15 is 0 Å². The molecule has 0 unspecified atom stereocenters. The molecule has 1 aromatic carbocycles. The number of morpholine rings is 1. The number of hydrogen-bond acceptors (Lipinski definition) is 3. The predicted molar refractivity (Wildman–Crippen MR) is 89.6 cm³/mol. The molecule has 0 atom stereocenters. The van der Waals surface area contributed by atoms with E-state index in [0.29, 0.717) is 0 Å². The molecule has 0 spiro atoms. The minimum absolute atomic E-state index is 0.818. The highest BCUT2D eigenvalue weighted by atomic mass is 16.5. The first-order valence-electron chi connectivity index (χ1n) is 8.90. The molecule has 0 amide bonds. The highest BCUT2D eigenvalue weighted by Crippen LogP contribution is 2.30. The normalized spacial score (nSPS) is 19.3. The molecule has 1 aromatic rings. The molecule has 0 aromatic heterocycles. The van der Waals surface area contributed by atoms with Crippen molar-refractivity contribution in [3.8, 4) is 5.75 Å². The van der Waals surface area contributed by atoms with Crippen molar-refractivity contribution in [1.82, 2.24) is 4.90 Å². The molecule has 1 saturated heterocycles. The summed E-state index contributed by atoms with van der Waals surface area (Å²) >= 11 is 0. The maximum atomic E-state index is 5.98. The van der Waals surface area contributed by atoms with Crippen LogP contribution in [0.1, 0.15) is 37.3 Å². The van der Waals surface area contributed by atoms with E-state index in [0.717, 1.165) is 57.4 Å². The predicted octanol–water partition coefficient (Wildman–Crippen LogP) is 3.30. The standard InChI is InChI=1S/C19H29NO2/c1-2-18-14-16(4-3-9-20-10-12-21-13-11-20)7-8-19(18)22-15-17-5-6-17/h7-8,14,17H,2-6,9-13,15H2,1H3. The molecule has 22 heavy (non-hydrogen) atoms. The van der Waals surface area contributed by atoms with E-state index in [-0.39, 0.29) is 0 Å². The van der Waals surface area contributed by atoms with Gasteiger partial charge in [0.05, 0.1) is 19.8 Å². The molecule has 1 saturated carbocycles. The monoisotopic (exact) mass is 303 g/mol. The first-order chi connectivity index (χ1) is 10.8. The zero-order valence-electron chi connectivity index (χ0n) is 13.9. The largest absolute Gasteiger partial charge is 0.493 e. The fourth-order valence-electron chi connectivity index (χ4n) is 3.03. The van der Waals surface area contributed by atoms with Crippen molar-refractivity contribution >= 4 is 0 Å². The van der Waals surface area contributed by atoms with E-state index in [4.69, 9.17) is 9.47 Å². The lowest BCUT2D eigenvalue weighted by atomic mass is 10.0. The maximum Gasteiger partial charge on any atom is 0.122 e. The van der Waals surface area contributed by atoms with Crippen LogP contribution in [0, 0.1) is 5.92 Å². The van der Waals surface area contributed by atoms with Gasteiger partial charge in [-0.25, -0.2) is 0 Å².